The van der Waals surface area contributed by atoms with Gasteiger partial charge in [-0.25, -0.2) is 0 Å². The number of anilines is 1. The van der Waals surface area contributed by atoms with Crippen molar-refractivity contribution in [3.05, 3.63) is 27.1 Å². The average molecular weight is 392 g/mol. The lowest BCUT2D eigenvalue weighted by Gasteiger charge is -2.23. The Morgan fingerprint density at radius 2 is 2.11 bits per heavy atom. The Hall–Kier alpha value is -0.390. The minimum atomic E-state index is -0.137. The monoisotopic (exact) mass is 390 g/mol. The van der Waals surface area contributed by atoms with Crippen LogP contribution in [0.3, 0.4) is 0 Å². The maximum absolute atomic E-state index is 12.2. The highest BCUT2D eigenvalue weighted by Gasteiger charge is 2.18. The minimum absolute atomic E-state index is 0.0154. The number of carbonyl (C=O) groups is 1. The van der Waals surface area contributed by atoms with E-state index in [9.17, 15) is 4.79 Å². The normalized spacial score (nSPS) is 12.5. The summed E-state index contributed by atoms with van der Waals surface area (Å²) in [4.78, 5) is 14.2. The predicted octanol–water partition coefficient (Wildman–Crippen LogP) is 4.27. The molecule has 0 radical (unpaired) electrons. The molecular weight excluding hydrogens is 372 g/mol. The second-order valence-electron chi connectivity index (χ2n) is 4.62. The third-order valence-electron chi connectivity index (χ3n) is 3.09. The van der Waals surface area contributed by atoms with Crippen molar-refractivity contribution in [1.29, 1.82) is 0 Å². The zero-order valence-electron chi connectivity index (χ0n) is 11.5. The predicted molar refractivity (Wildman–Crippen MR) is 87.5 cm³/mol. The number of unbranched alkanes of at least 4 members (excludes halogenated alkanes) is 1. The van der Waals surface area contributed by atoms with Gasteiger partial charge in [-0.3, -0.25) is 9.69 Å². The van der Waals surface area contributed by atoms with Gasteiger partial charge in [0.1, 0.15) is 0 Å². The number of nitrogens with zero attached hydrogens (tertiary/aromatic N) is 1. The summed E-state index contributed by atoms with van der Waals surface area (Å²) in [5.41, 5.74) is 0.795. The van der Waals surface area contributed by atoms with Gasteiger partial charge in [0.25, 0.3) is 0 Å². The van der Waals surface area contributed by atoms with Gasteiger partial charge in [-0.2, -0.15) is 0 Å². The van der Waals surface area contributed by atoms with Crippen LogP contribution in [0.5, 0.6) is 0 Å². The zero-order chi connectivity index (χ0) is 14.4. The SMILES string of the molecule is CCCCN(C)C(C)C(=O)Nc1ccc(Br)cc1Br. The highest BCUT2D eigenvalue weighted by molar-refractivity contribution is 9.11. The number of rotatable bonds is 6. The molecule has 1 atom stereocenters. The van der Waals surface area contributed by atoms with Crippen LogP contribution in [0.1, 0.15) is 26.7 Å². The van der Waals surface area contributed by atoms with Crippen molar-refractivity contribution >= 4 is 43.5 Å². The molecule has 0 saturated carbocycles. The van der Waals surface area contributed by atoms with E-state index < -0.39 is 0 Å². The van der Waals surface area contributed by atoms with Crippen molar-refractivity contribution in [3.63, 3.8) is 0 Å². The Kier molecular flexibility index (Phi) is 7.04. The Morgan fingerprint density at radius 3 is 2.68 bits per heavy atom. The van der Waals surface area contributed by atoms with Crippen LogP contribution in [0.25, 0.3) is 0 Å². The molecule has 0 saturated heterocycles. The fourth-order valence-corrected chi connectivity index (χ4v) is 2.78. The van der Waals surface area contributed by atoms with Crippen LogP contribution in [0, 0.1) is 0 Å². The van der Waals surface area contributed by atoms with Crippen LogP contribution in [0.2, 0.25) is 0 Å². The first kappa shape index (κ1) is 16.7. The smallest absolute Gasteiger partial charge is 0.241 e. The van der Waals surface area contributed by atoms with Gasteiger partial charge in [0.15, 0.2) is 0 Å². The van der Waals surface area contributed by atoms with E-state index in [0.29, 0.717) is 0 Å². The van der Waals surface area contributed by atoms with Gasteiger partial charge in [-0.05, 0) is 61.1 Å². The molecule has 1 aromatic rings. The van der Waals surface area contributed by atoms with Gasteiger partial charge in [0.05, 0.1) is 11.7 Å². The molecule has 0 aliphatic carbocycles. The summed E-state index contributed by atoms with van der Waals surface area (Å²) < 4.78 is 1.85. The largest absolute Gasteiger partial charge is 0.324 e. The summed E-state index contributed by atoms with van der Waals surface area (Å²) in [7, 11) is 1.98. The maximum atomic E-state index is 12.2. The van der Waals surface area contributed by atoms with Crippen molar-refractivity contribution in [2.75, 3.05) is 18.9 Å². The Balaban J connectivity index is 2.63. The van der Waals surface area contributed by atoms with Crippen molar-refractivity contribution in [2.24, 2.45) is 0 Å². The fraction of sp³-hybridized carbons (Fsp3) is 0.500. The van der Waals surface area contributed by atoms with E-state index in [1.165, 1.54) is 0 Å². The standard InChI is InChI=1S/C14H20Br2N2O/c1-4-5-8-18(3)10(2)14(19)17-13-7-6-11(15)9-12(13)16/h6-7,9-10H,4-5,8H2,1-3H3,(H,17,19). The fourth-order valence-electron chi connectivity index (χ4n) is 1.63. The molecule has 5 heteroatoms. The average Bonchev–Trinajstić information content (AvgIpc) is 2.38. The third-order valence-corrected chi connectivity index (χ3v) is 4.24. The molecule has 0 aliphatic rings. The first-order valence-corrected chi connectivity index (χ1v) is 8.00. The summed E-state index contributed by atoms with van der Waals surface area (Å²) >= 11 is 6.84. The van der Waals surface area contributed by atoms with Crippen LogP contribution in [-0.4, -0.2) is 30.4 Å². The molecule has 0 bridgehead atoms. The molecule has 1 rings (SSSR count). The quantitative estimate of drug-likeness (QED) is 0.785. The summed E-state index contributed by atoms with van der Waals surface area (Å²) in [5, 5.41) is 2.95. The number of hydrogen-bond acceptors (Lipinski definition) is 2. The van der Waals surface area contributed by atoms with E-state index in [-0.39, 0.29) is 11.9 Å². The van der Waals surface area contributed by atoms with Gasteiger partial charge in [-0.1, -0.05) is 29.3 Å². The molecule has 19 heavy (non-hydrogen) atoms. The molecule has 0 aliphatic heterocycles. The van der Waals surface area contributed by atoms with Crippen LogP contribution in [0.4, 0.5) is 5.69 Å². The number of carbonyl (C=O) groups excluding carboxylic acids is 1. The number of likely N-dealkylation sites (N-methyl/N-ethyl adjacent to an activating group) is 1. The molecule has 106 valence electrons. The number of nitrogens with one attached hydrogen (secondary N) is 1. The van der Waals surface area contributed by atoms with E-state index in [2.05, 4.69) is 49.0 Å². The number of benzene rings is 1. The van der Waals surface area contributed by atoms with Crippen molar-refractivity contribution < 1.29 is 4.79 Å². The number of halogens is 2. The number of amides is 1. The molecule has 0 aromatic heterocycles. The second-order valence-corrected chi connectivity index (χ2v) is 6.39. The van der Waals surface area contributed by atoms with Crippen LogP contribution < -0.4 is 5.32 Å². The molecule has 3 nitrogen and oxygen atoms in total. The topological polar surface area (TPSA) is 32.3 Å². The number of hydrogen-bond donors (Lipinski definition) is 1. The molecule has 0 spiro atoms. The van der Waals surface area contributed by atoms with Crippen LogP contribution in [-0.2, 0) is 4.79 Å². The van der Waals surface area contributed by atoms with E-state index >= 15 is 0 Å². The van der Waals surface area contributed by atoms with E-state index in [1.807, 2.05) is 32.2 Å². The molecular formula is C14H20Br2N2O. The highest BCUT2D eigenvalue weighted by Crippen LogP contribution is 2.26. The van der Waals surface area contributed by atoms with Gasteiger partial charge in [-0.15, -0.1) is 0 Å². The van der Waals surface area contributed by atoms with Crippen LogP contribution in [0.15, 0.2) is 27.1 Å². The Morgan fingerprint density at radius 1 is 1.42 bits per heavy atom. The lowest BCUT2D eigenvalue weighted by molar-refractivity contribution is -0.120. The summed E-state index contributed by atoms with van der Waals surface area (Å²) in [6.07, 6.45) is 2.24. The second kappa shape index (κ2) is 8.02. The summed E-state index contributed by atoms with van der Waals surface area (Å²) in [6.45, 7) is 5.02. The van der Waals surface area contributed by atoms with Gasteiger partial charge >= 0.3 is 0 Å². The maximum Gasteiger partial charge on any atom is 0.241 e. The van der Waals surface area contributed by atoms with E-state index in [1.54, 1.807) is 0 Å². The lowest BCUT2D eigenvalue weighted by Crippen LogP contribution is -2.40. The van der Waals surface area contributed by atoms with Crippen molar-refractivity contribution in [1.82, 2.24) is 4.90 Å². The highest BCUT2D eigenvalue weighted by atomic mass is 79.9. The zero-order valence-corrected chi connectivity index (χ0v) is 14.7. The first-order valence-electron chi connectivity index (χ1n) is 6.41. The van der Waals surface area contributed by atoms with Gasteiger partial charge in [0.2, 0.25) is 5.91 Å². The Bertz CT molecular complexity index is 437. The van der Waals surface area contributed by atoms with Crippen molar-refractivity contribution in [3.8, 4) is 0 Å². The molecule has 1 amide bonds. The molecule has 0 heterocycles. The Labute approximate surface area is 132 Å². The van der Waals surface area contributed by atoms with Gasteiger partial charge < -0.3 is 5.32 Å². The van der Waals surface area contributed by atoms with E-state index in [0.717, 1.165) is 34.0 Å². The lowest BCUT2D eigenvalue weighted by atomic mass is 10.2. The third kappa shape index (κ3) is 5.24. The summed E-state index contributed by atoms with van der Waals surface area (Å²) in [5.74, 6) is 0.0154. The molecule has 0 fully saturated rings. The van der Waals surface area contributed by atoms with E-state index in [4.69, 9.17) is 0 Å². The van der Waals surface area contributed by atoms with Gasteiger partial charge in [0, 0.05) is 8.95 Å². The minimum Gasteiger partial charge on any atom is -0.324 e. The molecule has 1 N–H and O–H groups in total. The first-order chi connectivity index (χ1) is 8.95. The molecule has 1 unspecified atom stereocenters. The van der Waals surface area contributed by atoms with Crippen molar-refractivity contribution in [2.45, 2.75) is 32.7 Å². The molecule has 1 aromatic carbocycles. The van der Waals surface area contributed by atoms with Crippen LogP contribution >= 0.6 is 31.9 Å². The summed E-state index contributed by atoms with van der Waals surface area (Å²) in [6, 6.07) is 5.57.